The van der Waals surface area contributed by atoms with E-state index >= 15 is 0 Å². The Morgan fingerprint density at radius 3 is 2.59 bits per heavy atom. The molecule has 0 unspecified atom stereocenters. The highest BCUT2D eigenvalue weighted by Gasteiger charge is 2.18. The molecule has 0 bridgehead atoms. The van der Waals surface area contributed by atoms with Crippen LogP contribution in [0.4, 0.5) is 0 Å². The number of nitrogens with zero attached hydrogens (tertiary/aromatic N) is 1. The molecule has 0 radical (unpaired) electrons. The molecule has 92 valence electrons. The van der Waals surface area contributed by atoms with E-state index in [4.69, 9.17) is 0 Å². The zero-order chi connectivity index (χ0) is 12.1. The lowest BCUT2D eigenvalue weighted by Crippen LogP contribution is -2.37. The first-order valence-electron chi connectivity index (χ1n) is 6.28. The normalized spacial score (nSPS) is 16.8. The van der Waals surface area contributed by atoms with Gasteiger partial charge in [0.05, 0.1) is 0 Å². The number of hydrogen-bond donors (Lipinski definition) is 1. The van der Waals surface area contributed by atoms with Crippen molar-refractivity contribution in [2.45, 2.75) is 12.8 Å². The van der Waals surface area contributed by atoms with Crippen molar-refractivity contribution in [1.82, 2.24) is 10.2 Å². The van der Waals surface area contributed by atoms with Crippen LogP contribution in [0.25, 0.3) is 0 Å². The van der Waals surface area contributed by atoms with Crippen molar-refractivity contribution in [2.75, 3.05) is 26.7 Å². The Hall–Kier alpha value is -1.35. The molecule has 17 heavy (non-hydrogen) atoms. The second-order valence-electron chi connectivity index (χ2n) is 4.75. The smallest absolute Gasteiger partial charge is 0.253 e. The highest BCUT2D eigenvalue weighted by Crippen LogP contribution is 2.14. The quantitative estimate of drug-likeness (QED) is 0.861. The van der Waals surface area contributed by atoms with Crippen LogP contribution in [0.5, 0.6) is 0 Å². The van der Waals surface area contributed by atoms with Gasteiger partial charge in [-0.1, -0.05) is 18.2 Å². The molecule has 1 N–H and O–H groups in total. The Labute approximate surface area is 103 Å². The summed E-state index contributed by atoms with van der Waals surface area (Å²) >= 11 is 0. The lowest BCUT2D eigenvalue weighted by atomic mass is 9.97. The van der Waals surface area contributed by atoms with Gasteiger partial charge in [0.25, 0.3) is 5.91 Å². The van der Waals surface area contributed by atoms with Gasteiger partial charge in [0, 0.05) is 19.2 Å². The summed E-state index contributed by atoms with van der Waals surface area (Å²) in [5.41, 5.74) is 0.781. The van der Waals surface area contributed by atoms with Crippen LogP contribution >= 0.6 is 0 Å². The van der Waals surface area contributed by atoms with Crippen molar-refractivity contribution in [3.63, 3.8) is 0 Å². The minimum absolute atomic E-state index is 0.129. The Bertz CT molecular complexity index is 358. The molecule has 1 aromatic rings. The van der Waals surface area contributed by atoms with Gasteiger partial charge in [-0.3, -0.25) is 4.79 Å². The van der Waals surface area contributed by atoms with Gasteiger partial charge < -0.3 is 10.2 Å². The molecule has 0 saturated carbocycles. The predicted molar refractivity (Wildman–Crippen MR) is 69.0 cm³/mol. The number of hydrogen-bond acceptors (Lipinski definition) is 2. The molecular weight excluding hydrogens is 212 g/mol. The van der Waals surface area contributed by atoms with E-state index in [-0.39, 0.29) is 5.91 Å². The highest BCUT2D eigenvalue weighted by molar-refractivity contribution is 5.93. The molecule has 1 amide bonds. The molecule has 0 aliphatic carbocycles. The molecular formula is C14H20N2O. The van der Waals surface area contributed by atoms with Crippen LogP contribution in [0.3, 0.4) is 0 Å². The van der Waals surface area contributed by atoms with Gasteiger partial charge in [-0.25, -0.2) is 0 Å². The van der Waals surface area contributed by atoms with E-state index in [1.54, 1.807) is 0 Å². The van der Waals surface area contributed by atoms with Crippen molar-refractivity contribution in [3.8, 4) is 0 Å². The van der Waals surface area contributed by atoms with E-state index in [0.717, 1.165) is 25.2 Å². The fourth-order valence-electron chi connectivity index (χ4n) is 2.34. The third kappa shape index (κ3) is 3.30. The van der Waals surface area contributed by atoms with Gasteiger partial charge >= 0.3 is 0 Å². The minimum atomic E-state index is 0.129. The summed E-state index contributed by atoms with van der Waals surface area (Å²) in [5.74, 6) is 0.776. The molecule has 1 aliphatic heterocycles. The van der Waals surface area contributed by atoms with E-state index in [0.29, 0.717) is 5.92 Å². The van der Waals surface area contributed by atoms with Crippen LogP contribution in [0, 0.1) is 5.92 Å². The lowest BCUT2D eigenvalue weighted by molar-refractivity contribution is 0.0763. The fraction of sp³-hybridized carbons (Fsp3) is 0.500. The zero-order valence-electron chi connectivity index (χ0n) is 10.4. The molecule has 1 heterocycles. The summed E-state index contributed by atoms with van der Waals surface area (Å²) in [6.07, 6.45) is 2.35. The number of carbonyl (C=O) groups excluding carboxylic acids is 1. The van der Waals surface area contributed by atoms with E-state index in [9.17, 15) is 4.79 Å². The fourth-order valence-corrected chi connectivity index (χ4v) is 2.34. The van der Waals surface area contributed by atoms with Crippen LogP contribution in [-0.2, 0) is 0 Å². The van der Waals surface area contributed by atoms with Crippen molar-refractivity contribution in [1.29, 1.82) is 0 Å². The SMILES string of the molecule is CN(CC1CCNCC1)C(=O)c1ccccc1. The van der Waals surface area contributed by atoms with Gasteiger partial charge in [-0.05, 0) is 44.0 Å². The minimum Gasteiger partial charge on any atom is -0.341 e. The molecule has 0 atom stereocenters. The lowest BCUT2D eigenvalue weighted by Gasteiger charge is -2.27. The van der Waals surface area contributed by atoms with E-state index in [1.165, 1.54) is 12.8 Å². The monoisotopic (exact) mass is 232 g/mol. The van der Waals surface area contributed by atoms with Crippen LogP contribution in [0.15, 0.2) is 30.3 Å². The molecule has 1 aliphatic rings. The average Bonchev–Trinajstić information content (AvgIpc) is 2.40. The Kier molecular flexibility index (Phi) is 4.15. The van der Waals surface area contributed by atoms with Crippen molar-refractivity contribution in [3.05, 3.63) is 35.9 Å². The third-order valence-corrected chi connectivity index (χ3v) is 3.36. The Balaban J connectivity index is 1.91. The maximum Gasteiger partial charge on any atom is 0.253 e. The zero-order valence-corrected chi connectivity index (χ0v) is 10.4. The molecule has 0 aromatic heterocycles. The second-order valence-corrected chi connectivity index (χ2v) is 4.75. The summed E-state index contributed by atoms with van der Waals surface area (Å²) in [6.45, 7) is 3.03. The second kappa shape index (κ2) is 5.82. The van der Waals surface area contributed by atoms with Crippen LogP contribution in [0.2, 0.25) is 0 Å². The molecule has 3 heteroatoms. The topological polar surface area (TPSA) is 32.3 Å². The van der Waals surface area contributed by atoms with Crippen LogP contribution < -0.4 is 5.32 Å². The third-order valence-electron chi connectivity index (χ3n) is 3.36. The highest BCUT2D eigenvalue weighted by atomic mass is 16.2. The molecule has 1 fully saturated rings. The average molecular weight is 232 g/mol. The molecule has 3 nitrogen and oxygen atoms in total. The van der Waals surface area contributed by atoms with E-state index < -0.39 is 0 Å². The first-order chi connectivity index (χ1) is 8.27. The number of carbonyl (C=O) groups is 1. The van der Waals surface area contributed by atoms with Gasteiger partial charge in [-0.2, -0.15) is 0 Å². The summed E-state index contributed by atoms with van der Waals surface area (Å²) < 4.78 is 0. The maximum atomic E-state index is 12.1. The number of benzene rings is 1. The van der Waals surface area contributed by atoms with Crippen LogP contribution in [-0.4, -0.2) is 37.5 Å². The Morgan fingerprint density at radius 2 is 1.94 bits per heavy atom. The number of piperidine rings is 1. The van der Waals surface area contributed by atoms with E-state index in [1.807, 2.05) is 42.3 Å². The summed E-state index contributed by atoms with van der Waals surface area (Å²) in [7, 11) is 1.90. The first kappa shape index (κ1) is 12.1. The van der Waals surface area contributed by atoms with Gasteiger partial charge in [0.2, 0.25) is 0 Å². The van der Waals surface area contributed by atoms with Crippen molar-refractivity contribution >= 4 is 5.91 Å². The first-order valence-corrected chi connectivity index (χ1v) is 6.28. The molecule has 2 rings (SSSR count). The molecule has 0 spiro atoms. The van der Waals surface area contributed by atoms with Crippen molar-refractivity contribution < 1.29 is 4.79 Å². The van der Waals surface area contributed by atoms with Gasteiger partial charge in [0.15, 0.2) is 0 Å². The van der Waals surface area contributed by atoms with Crippen LogP contribution in [0.1, 0.15) is 23.2 Å². The van der Waals surface area contributed by atoms with Crippen molar-refractivity contribution in [2.24, 2.45) is 5.92 Å². The Morgan fingerprint density at radius 1 is 1.29 bits per heavy atom. The molecule has 1 aromatic carbocycles. The van der Waals surface area contributed by atoms with Gasteiger partial charge in [0.1, 0.15) is 0 Å². The van der Waals surface area contributed by atoms with E-state index in [2.05, 4.69) is 5.32 Å². The number of nitrogens with one attached hydrogen (secondary N) is 1. The summed E-state index contributed by atoms with van der Waals surface area (Å²) in [6, 6.07) is 9.50. The maximum absolute atomic E-state index is 12.1. The van der Waals surface area contributed by atoms with Gasteiger partial charge in [-0.15, -0.1) is 0 Å². The number of amides is 1. The predicted octanol–water partition coefficient (Wildman–Crippen LogP) is 1.76. The number of rotatable bonds is 3. The molecule has 1 saturated heterocycles. The summed E-state index contributed by atoms with van der Waals surface area (Å²) in [4.78, 5) is 14.0. The standard InChI is InChI=1S/C14H20N2O/c1-16(11-12-7-9-15-10-8-12)14(17)13-5-3-2-4-6-13/h2-6,12,15H,7-11H2,1H3. The summed E-state index contributed by atoms with van der Waals surface area (Å²) in [5, 5.41) is 3.35. The largest absolute Gasteiger partial charge is 0.341 e.